The van der Waals surface area contributed by atoms with Gasteiger partial charge in [0.25, 0.3) is 0 Å². The molecule has 0 heterocycles. The van der Waals surface area contributed by atoms with Gasteiger partial charge in [0, 0.05) is 11.8 Å². The van der Waals surface area contributed by atoms with Crippen molar-refractivity contribution in [3.8, 4) is 0 Å². The Kier molecular flexibility index (Phi) is 6.85. The molecule has 0 saturated carbocycles. The van der Waals surface area contributed by atoms with Crippen molar-refractivity contribution in [1.82, 2.24) is 0 Å². The Morgan fingerprint density at radius 3 is 2.17 bits per heavy atom. The van der Waals surface area contributed by atoms with E-state index in [0.29, 0.717) is 0 Å². The van der Waals surface area contributed by atoms with Crippen LogP contribution in [0.15, 0.2) is 36.4 Å². The van der Waals surface area contributed by atoms with Crippen molar-refractivity contribution in [1.29, 1.82) is 0 Å². The third-order valence-electron chi connectivity index (χ3n) is 6.14. The summed E-state index contributed by atoms with van der Waals surface area (Å²) in [6, 6.07) is 13.9. The van der Waals surface area contributed by atoms with E-state index in [0.717, 1.165) is 24.6 Å². The zero-order chi connectivity index (χ0) is 17.7. The quantitative estimate of drug-likeness (QED) is 0.689. The first kappa shape index (κ1) is 19.4. The predicted molar refractivity (Wildman–Crippen MR) is 105 cm³/mol. The van der Waals surface area contributed by atoms with Crippen molar-refractivity contribution >= 4 is 13.9 Å². The molecule has 1 N–H and O–H groups in total. The standard InChI is InChI=1S/C21H34O2Si/c1-6-24(7-2,8-3)23-20-15-14-19(16(4)21(22)17(20)5)18-12-10-9-11-13-18/h9-14,16-17,20-22H,6-8,15H2,1-5H3/t16-,17+,20+,21+/m1/s1. The number of benzene rings is 1. The predicted octanol–water partition coefficient (Wildman–Crippen LogP) is 5.50. The van der Waals surface area contributed by atoms with E-state index in [1.807, 2.05) is 6.07 Å². The number of rotatable bonds is 6. The van der Waals surface area contributed by atoms with Gasteiger partial charge in [0.2, 0.25) is 0 Å². The third kappa shape index (κ3) is 4.01. The summed E-state index contributed by atoms with van der Waals surface area (Å²) in [5.41, 5.74) is 2.49. The minimum atomic E-state index is -1.66. The number of aliphatic hydroxyl groups is 1. The van der Waals surface area contributed by atoms with Gasteiger partial charge in [-0.15, -0.1) is 0 Å². The summed E-state index contributed by atoms with van der Waals surface area (Å²) in [5, 5.41) is 10.9. The molecule has 2 nitrogen and oxygen atoms in total. The lowest BCUT2D eigenvalue weighted by atomic mass is 9.85. The van der Waals surface area contributed by atoms with Crippen LogP contribution in [0.3, 0.4) is 0 Å². The Hall–Kier alpha value is -0.903. The first-order valence-corrected chi connectivity index (χ1v) is 12.1. The highest BCUT2D eigenvalue weighted by Gasteiger charge is 2.38. The molecule has 0 amide bonds. The number of hydrogen-bond acceptors (Lipinski definition) is 2. The molecule has 0 unspecified atom stereocenters. The number of hydrogen-bond donors (Lipinski definition) is 1. The van der Waals surface area contributed by atoms with Crippen molar-refractivity contribution in [2.75, 3.05) is 0 Å². The van der Waals surface area contributed by atoms with E-state index in [1.54, 1.807) is 0 Å². The lowest BCUT2D eigenvalue weighted by molar-refractivity contribution is 0.0181. The van der Waals surface area contributed by atoms with Crippen LogP contribution in [0.25, 0.3) is 5.57 Å². The number of aliphatic hydroxyl groups excluding tert-OH is 1. The first-order chi connectivity index (χ1) is 11.5. The van der Waals surface area contributed by atoms with Crippen molar-refractivity contribution in [3.63, 3.8) is 0 Å². The first-order valence-electron chi connectivity index (χ1n) is 9.59. The van der Waals surface area contributed by atoms with Gasteiger partial charge >= 0.3 is 0 Å². The largest absolute Gasteiger partial charge is 0.413 e. The maximum Gasteiger partial charge on any atom is 0.192 e. The van der Waals surface area contributed by atoms with Crippen LogP contribution in [0, 0.1) is 11.8 Å². The summed E-state index contributed by atoms with van der Waals surface area (Å²) in [7, 11) is -1.66. The normalized spacial score (nSPS) is 28.3. The fourth-order valence-corrected chi connectivity index (χ4v) is 6.94. The van der Waals surface area contributed by atoms with Crippen LogP contribution >= 0.6 is 0 Å². The van der Waals surface area contributed by atoms with Crippen LogP contribution in [-0.2, 0) is 4.43 Å². The Balaban J connectivity index is 2.28. The second kappa shape index (κ2) is 8.46. The molecular weight excluding hydrogens is 312 g/mol. The summed E-state index contributed by atoms with van der Waals surface area (Å²) < 4.78 is 6.76. The van der Waals surface area contributed by atoms with Gasteiger partial charge in [-0.1, -0.05) is 71.0 Å². The van der Waals surface area contributed by atoms with Crippen molar-refractivity contribution in [2.45, 2.75) is 71.4 Å². The molecule has 2 rings (SSSR count). The van der Waals surface area contributed by atoms with Crippen LogP contribution in [0.4, 0.5) is 0 Å². The van der Waals surface area contributed by atoms with Crippen LogP contribution in [0.5, 0.6) is 0 Å². The monoisotopic (exact) mass is 346 g/mol. The van der Waals surface area contributed by atoms with E-state index < -0.39 is 8.32 Å². The highest BCUT2D eigenvalue weighted by molar-refractivity contribution is 6.73. The average molecular weight is 347 g/mol. The van der Waals surface area contributed by atoms with Crippen LogP contribution in [-0.4, -0.2) is 25.6 Å². The summed E-state index contributed by atoms with van der Waals surface area (Å²) in [4.78, 5) is 0. The molecule has 3 heteroatoms. The van der Waals surface area contributed by atoms with E-state index in [2.05, 4.69) is 65.0 Å². The highest BCUT2D eigenvalue weighted by Crippen LogP contribution is 2.37. The Bertz CT molecular complexity index is 528. The Labute approximate surface area is 149 Å². The molecule has 1 aliphatic carbocycles. The van der Waals surface area contributed by atoms with Crippen LogP contribution < -0.4 is 0 Å². The van der Waals surface area contributed by atoms with Gasteiger partial charge in [0.15, 0.2) is 8.32 Å². The van der Waals surface area contributed by atoms with Gasteiger partial charge in [-0.3, -0.25) is 0 Å². The minimum absolute atomic E-state index is 0.134. The molecule has 0 radical (unpaired) electrons. The van der Waals surface area contributed by atoms with Gasteiger partial charge in [-0.05, 0) is 35.7 Å². The lowest BCUT2D eigenvalue weighted by Gasteiger charge is -2.37. The molecule has 0 spiro atoms. The average Bonchev–Trinajstić information content (AvgIpc) is 2.73. The smallest absolute Gasteiger partial charge is 0.192 e. The van der Waals surface area contributed by atoms with E-state index in [9.17, 15) is 5.11 Å². The van der Waals surface area contributed by atoms with Crippen LogP contribution in [0.1, 0.15) is 46.6 Å². The zero-order valence-electron chi connectivity index (χ0n) is 16.0. The second-order valence-corrected chi connectivity index (χ2v) is 12.0. The van der Waals surface area contributed by atoms with E-state index in [1.165, 1.54) is 11.1 Å². The topological polar surface area (TPSA) is 29.5 Å². The fourth-order valence-electron chi connectivity index (χ4n) is 3.99. The molecule has 0 bridgehead atoms. The van der Waals surface area contributed by atoms with E-state index >= 15 is 0 Å². The maximum absolute atomic E-state index is 10.9. The Morgan fingerprint density at radius 2 is 1.62 bits per heavy atom. The maximum atomic E-state index is 10.9. The van der Waals surface area contributed by atoms with Crippen molar-refractivity contribution in [3.05, 3.63) is 42.0 Å². The van der Waals surface area contributed by atoms with Gasteiger partial charge in [-0.25, -0.2) is 0 Å². The molecule has 0 aliphatic heterocycles. The summed E-state index contributed by atoms with van der Waals surface area (Å²) in [6.07, 6.45) is 3.00. The lowest BCUT2D eigenvalue weighted by Crippen LogP contribution is -2.44. The Morgan fingerprint density at radius 1 is 1.04 bits per heavy atom. The SMILES string of the molecule is CC[Si](CC)(CC)O[C@H]1CC=C(c2ccccc2)[C@@H](C)[C@H](O)[C@H]1C. The summed E-state index contributed by atoms with van der Waals surface area (Å²) in [5.74, 6) is 0.297. The molecule has 1 aromatic carbocycles. The summed E-state index contributed by atoms with van der Waals surface area (Å²) in [6.45, 7) is 11.1. The molecule has 4 atom stereocenters. The van der Waals surface area contributed by atoms with Crippen LogP contribution in [0.2, 0.25) is 18.1 Å². The summed E-state index contributed by atoms with van der Waals surface area (Å²) >= 11 is 0. The highest BCUT2D eigenvalue weighted by atomic mass is 28.4. The molecule has 0 aromatic heterocycles. The van der Waals surface area contributed by atoms with Gasteiger partial charge in [0.1, 0.15) is 0 Å². The van der Waals surface area contributed by atoms with E-state index in [4.69, 9.17) is 4.43 Å². The third-order valence-corrected chi connectivity index (χ3v) is 10.8. The van der Waals surface area contributed by atoms with Crippen molar-refractivity contribution < 1.29 is 9.53 Å². The molecular formula is C21H34O2Si. The molecule has 0 fully saturated rings. The van der Waals surface area contributed by atoms with Gasteiger partial charge in [0.05, 0.1) is 12.2 Å². The van der Waals surface area contributed by atoms with Gasteiger partial charge in [-0.2, -0.15) is 0 Å². The molecule has 24 heavy (non-hydrogen) atoms. The molecule has 134 valence electrons. The molecule has 1 aliphatic rings. The second-order valence-electron chi connectivity index (χ2n) is 7.30. The fraction of sp³-hybridized carbons (Fsp3) is 0.619. The van der Waals surface area contributed by atoms with Crippen molar-refractivity contribution in [2.24, 2.45) is 11.8 Å². The molecule has 0 saturated heterocycles. The zero-order valence-corrected chi connectivity index (χ0v) is 17.0. The minimum Gasteiger partial charge on any atom is -0.413 e. The van der Waals surface area contributed by atoms with Gasteiger partial charge < -0.3 is 9.53 Å². The molecule has 1 aromatic rings. The van der Waals surface area contributed by atoms with E-state index in [-0.39, 0.29) is 24.0 Å².